The van der Waals surface area contributed by atoms with Gasteiger partial charge in [0.1, 0.15) is 0 Å². The number of nitrogens with one attached hydrogen (secondary N) is 1. The standard InChI is InChI=1S/C21H27N3O2/c1-15-13-24(14-16(2)26-15)20-11-7-18(8-12-20)22-21(25)17-5-9-19(10-6-17)23(3)4/h5-12,15-16H,13-14H2,1-4H3,(H,22,25). The van der Waals surface area contributed by atoms with Crippen LogP contribution in [0.15, 0.2) is 48.5 Å². The van der Waals surface area contributed by atoms with Crippen molar-refractivity contribution in [3.8, 4) is 0 Å². The van der Waals surface area contributed by atoms with Crippen molar-refractivity contribution in [1.82, 2.24) is 0 Å². The van der Waals surface area contributed by atoms with Crippen molar-refractivity contribution in [2.24, 2.45) is 0 Å². The lowest BCUT2D eigenvalue weighted by Gasteiger charge is -2.36. The molecule has 0 bridgehead atoms. The Balaban J connectivity index is 1.64. The topological polar surface area (TPSA) is 44.8 Å². The molecule has 0 radical (unpaired) electrons. The van der Waals surface area contributed by atoms with Crippen LogP contribution in [0.5, 0.6) is 0 Å². The number of benzene rings is 2. The van der Waals surface area contributed by atoms with Gasteiger partial charge in [0.2, 0.25) is 0 Å². The Morgan fingerprint density at radius 1 is 1.00 bits per heavy atom. The van der Waals surface area contributed by atoms with E-state index in [9.17, 15) is 4.79 Å². The molecule has 138 valence electrons. The summed E-state index contributed by atoms with van der Waals surface area (Å²) in [7, 11) is 3.96. The molecule has 1 fully saturated rings. The van der Waals surface area contributed by atoms with E-state index in [4.69, 9.17) is 4.74 Å². The van der Waals surface area contributed by atoms with Crippen LogP contribution in [0.1, 0.15) is 24.2 Å². The van der Waals surface area contributed by atoms with Gasteiger partial charge in [-0.05, 0) is 62.4 Å². The average Bonchev–Trinajstić information content (AvgIpc) is 2.61. The van der Waals surface area contributed by atoms with Crippen LogP contribution < -0.4 is 15.1 Å². The molecule has 1 aliphatic heterocycles. The Labute approximate surface area is 155 Å². The zero-order valence-corrected chi connectivity index (χ0v) is 15.9. The van der Waals surface area contributed by atoms with E-state index in [1.807, 2.05) is 55.4 Å². The van der Waals surface area contributed by atoms with Gasteiger partial charge in [0.05, 0.1) is 12.2 Å². The molecule has 5 heteroatoms. The van der Waals surface area contributed by atoms with Crippen molar-refractivity contribution in [1.29, 1.82) is 0 Å². The number of hydrogen-bond donors (Lipinski definition) is 1. The number of morpholine rings is 1. The monoisotopic (exact) mass is 353 g/mol. The lowest BCUT2D eigenvalue weighted by molar-refractivity contribution is -0.00521. The minimum Gasteiger partial charge on any atom is -0.378 e. The third-order valence-corrected chi connectivity index (χ3v) is 4.56. The Bertz CT molecular complexity index is 731. The van der Waals surface area contributed by atoms with Crippen molar-refractivity contribution < 1.29 is 9.53 Å². The molecule has 0 saturated carbocycles. The van der Waals surface area contributed by atoms with Crippen LogP contribution in [-0.4, -0.2) is 45.3 Å². The summed E-state index contributed by atoms with van der Waals surface area (Å²) in [4.78, 5) is 16.7. The number of anilines is 3. The number of hydrogen-bond acceptors (Lipinski definition) is 4. The van der Waals surface area contributed by atoms with Gasteiger partial charge in [0.15, 0.2) is 0 Å². The fraction of sp³-hybridized carbons (Fsp3) is 0.381. The van der Waals surface area contributed by atoms with Gasteiger partial charge < -0.3 is 19.9 Å². The first-order chi connectivity index (χ1) is 12.4. The zero-order valence-electron chi connectivity index (χ0n) is 15.9. The highest BCUT2D eigenvalue weighted by molar-refractivity contribution is 6.04. The van der Waals surface area contributed by atoms with E-state index in [0.29, 0.717) is 5.56 Å². The van der Waals surface area contributed by atoms with Crippen LogP contribution >= 0.6 is 0 Å². The van der Waals surface area contributed by atoms with Crippen LogP contribution in [0.4, 0.5) is 17.1 Å². The van der Waals surface area contributed by atoms with Crippen LogP contribution in [0.2, 0.25) is 0 Å². The minimum absolute atomic E-state index is 0.100. The van der Waals surface area contributed by atoms with Crippen molar-refractivity contribution in [3.63, 3.8) is 0 Å². The molecule has 0 aromatic heterocycles. The molecule has 1 saturated heterocycles. The molecule has 5 nitrogen and oxygen atoms in total. The summed E-state index contributed by atoms with van der Waals surface area (Å²) in [5.74, 6) is -0.100. The first-order valence-corrected chi connectivity index (χ1v) is 9.01. The second kappa shape index (κ2) is 7.79. The van der Waals surface area contributed by atoms with E-state index in [1.54, 1.807) is 0 Å². The van der Waals surface area contributed by atoms with Gasteiger partial charge in [-0.15, -0.1) is 0 Å². The molecule has 1 N–H and O–H groups in total. The van der Waals surface area contributed by atoms with Crippen LogP contribution in [-0.2, 0) is 4.74 Å². The summed E-state index contributed by atoms with van der Waals surface area (Å²) in [5, 5.41) is 2.96. The second-order valence-electron chi connectivity index (χ2n) is 7.10. The molecule has 1 aliphatic rings. The maximum absolute atomic E-state index is 12.4. The predicted molar refractivity (Wildman–Crippen MR) is 107 cm³/mol. The molecular formula is C21H27N3O2. The van der Waals surface area contributed by atoms with Gasteiger partial charge in [0, 0.05) is 49.8 Å². The summed E-state index contributed by atoms with van der Waals surface area (Å²) in [6.45, 7) is 5.96. The van der Waals surface area contributed by atoms with E-state index >= 15 is 0 Å². The van der Waals surface area contributed by atoms with Gasteiger partial charge in [-0.1, -0.05) is 0 Å². The van der Waals surface area contributed by atoms with Gasteiger partial charge in [-0.2, -0.15) is 0 Å². The molecule has 2 aromatic carbocycles. The van der Waals surface area contributed by atoms with Crippen molar-refractivity contribution >= 4 is 23.0 Å². The molecule has 26 heavy (non-hydrogen) atoms. The van der Waals surface area contributed by atoms with Gasteiger partial charge in [0.25, 0.3) is 5.91 Å². The van der Waals surface area contributed by atoms with Crippen LogP contribution in [0.3, 0.4) is 0 Å². The SMILES string of the molecule is CC1CN(c2ccc(NC(=O)c3ccc(N(C)C)cc3)cc2)CC(C)O1. The maximum Gasteiger partial charge on any atom is 0.255 e. The largest absolute Gasteiger partial charge is 0.378 e. The number of ether oxygens (including phenoxy) is 1. The lowest BCUT2D eigenvalue weighted by Crippen LogP contribution is -2.45. The smallest absolute Gasteiger partial charge is 0.255 e. The lowest BCUT2D eigenvalue weighted by atomic mass is 10.1. The maximum atomic E-state index is 12.4. The van der Waals surface area contributed by atoms with Crippen molar-refractivity contribution in [2.75, 3.05) is 42.3 Å². The number of carbonyl (C=O) groups excluding carboxylic acids is 1. The summed E-state index contributed by atoms with van der Waals surface area (Å²) in [6.07, 6.45) is 0.450. The number of carbonyl (C=O) groups is 1. The van der Waals surface area contributed by atoms with Gasteiger partial charge >= 0.3 is 0 Å². The highest BCUT2D eigenvalue weighted by Gasteiger charge is 2.22. The van der Waals surface area contributed by atoms with Crippen LogP contribution in [0, 0.1) is 0 Å². The number of nitrogens with zero attached hydrogens (tertiary/aromatic N) is 2. The first-order valence-electron chi connectivity index (χ1n) is 9.01. The van der Waals surface area contributed by atoms with Gasteiger partial charge in [-0.3, -0.25) is 4.79 Å². The highest BCUT2D eigenvalue weighted by atomic mass is 16.5. The molecule has 3 rings (SSSR count). The summed E-state index contributed by atoms with van der Waals surface area (Å²) >= 11 is 0. The summed E-state index contributed by atoms with van der Waals surface area (Å²) in [6, 6.07) is 15.6. The summed E-state index contributed by atoms with van der Waals surface area (Å²) < 4.78 is 5.78. The normalized spacial score (nSPS) is 19.9. The predicted octanol–water partition coefficient (Wildman–Crippen LogP) is 3.62. The molecule has 1 heterocycles. The van der Waals surface area contributed by atoms with E-state index < -0.39 is 0 Å². The number of amides is 1. The van der Waals surface area contributed by atoms with Crippen LogP contribution in [0.25, 0.3) is 0 Å². The zero-order chi connectivity index (χ0) is 18.7. The van der Waals surface area contributed by atoms with Crippen molar-refractivity contribution in [2.45, 2.75) is 26.1 Å². The van der Waals surface area contributed by atoms with E-state index in [2.05, 4.69) is 36.2 Å². The molecule has 2 aromatic rings. The van der Waals surface area contributed by atoms with Gasteiger partial charge in [-0.25, -0.2) is 0 Å². The Hall–Kier alpha value is -2.53. The molecule has 2 atom stereocenters. The Morgan fingerprint density at radius 3 is 2.12 bits per heavy atom. The summed E-state index contributed by atoms with van der Waals surface area (Å²) in [5.41, 5.74) is 3.67. The molecule has 0 spiro atoms. The fourth-order valence-corrected chi connectivity index (χ4v) is 3.26. The Morgan fingerprint density at radius 2 is 1.58 bits per heavy atom. The second-order valence-corrected chi connectivity index (χ2v) is 7.10. The molecule has 1 amide bonds. The molecule has 0 aliphatic carbocycles. The third-order valence-electron chi connectivity index (χ3n) is 4.56. The quantitative estimate of drug-likeness (QED) is 0.912. The molecule has 2 unspecified atom stereocenters. The fourth-order valence-electron chi connectivity index (χ4n) is 3.26. The first kappa shape index (κ1) is 18.3. The Kier molecular flexibility index (Phi) is 5.47. The van der Waals surface area contributed by atoms with Crippen molar-refractivity contribution in [3.05, 3.63) is 54.1 Å². The van der Waals surface area contributed by atoms with E-state index in [-0.39, 0.29) is 18.1 Å². The highest BCUT2D eigenvalue weighted by Crippen LogP contribution is 2.23. The molecular weight excluding hydrogens is 326 g/mol. The average molecular weight is 353 g/mol. The third kappa shape index (κ3) is 4.35. The number of rotatable bonds is 4. The minimum atomic E-state index is -0.100. The van der Waals surface area contributed by atoms with E-state index in [1.165, 1.54) is 0 Å². The van der Waals surface area contributed by atoms with E-state index in [0.717, 1.165) is 30.2 Å².